The van der Waals surface area contributed by atoms with E-state index < -0.39 is 0 Å². The highest BCUT2D eigenvalue weighted by atomic mass is 32.2. The second-order valence-corrected chi connectivity index (χ2v) is 7.02. The van der Waals surface area contributed by atoms with Gasteiger partial charge in [0.1, 0.15) is 10.8 Å². The molecule has 0 saturated heterocycles. The summed E-state index contributed by atoms with van der Waals surface area (Å²) in [5.74, 6) is 1.70. The first kappa shape index (κ1) is 21.3. The van der Waals surface area contributed by atoms with Gasteiger partial charge in [0, 0.05) is 17.8 Å². The summed E-state index contributed by atoms with van der Waals surface area (Å²) in [5.41, 5.74) is 0.937. The van der Waals surface area contributed by atoms with Gasteiger partial charge in [-0.2, -0.15) is 9.78 Å². The highest BCUT2D eigenvalue weighted by Crippen LogP contribution is 2.29. The fourth-order valence-electron chi connectivity index (χ4n) is 2.63. The van der Waals surface area contributed by atoms with E-state index in [0.29, 0.717) is 33.6 Å². The summed E-state index contributed by atoms with van der Waals surface area (Å²) < 4.78 is 16.8. The van der Waals surface area contributed by atoms with Crippen molar-refractivity contribution in [2.45, 2.75) is 5.03 Å². The lowest BCUT2D eigenvalue weighted by molar-refractivity contribution is -0.113. The van der Waals surface area contributed by atoms with Gasteiger partial charge < -0.3 is 19.5 Å². The summed E-state index contributed by atoms with van der Waals surface area (Å²) in [5, 5.41) is 7.69. The van der Waals surface area contributed by atoms with Crippen molar-refractivity contribution in [3.8, 4) is 22.9 Å². The Morgan fingerprint density at radius 3 is 2.37 bits per heavy atom. The van der Waals surface area contributed by atoms with Gasteiger partial charge in [0.2, 0.25) is 5.91 Å². The van der Waals surface area contributed by atoms with E-state index in [4.69, 9.17) is 14.2 Å². The number of nitrogens with one attached hydrogen (secondary N) is 1. The number of ether oxygens (including phenoxy) is 3. The number of methoxy groups -OCH3 is 3. The highest BCUT2D eigenvalue weighted by molar-refractivity contribution is 7.99. The van der Waals surface area contributed by atoms with Crippen LogP contribution in [0.5, 0.6) is 17.2 Å². The van der Waals surface area contributed by atoms with Gasteiger partial charge in [-0.25, -0.2) is 0 Å². The fourth-order valence-corrected chi connectivity index (χ4v) is 3.29. The van der Waals surface area contributed by atoms with Gasteiger partial charge in [0.15, 0.2) is 11.5 Å². The number of benzene rings is 2. The zero-order chi connectivity index (χ0) is 21.5. The number of hydrogen-bond donors (Lipinski definition) is 1. The molecule has 8 nitrogen and oxygen atoms in total. The average Bonchev–Trinajstić information content (AvgIpc) is 2.78. The number of hydrogen-bond acceptors (Lipinski definition) is 7. The number of amides is 1. The quantitative estimate of drug-likeness (QED) is 0.553. The van der Waals surface area contributed by atoms with Crippen molar-refractivity contribution < 1.29 is 19.0 Å². The van der Waals surface area contributed by atoms with Crippen LogP contribution in [-0.4, -0.2) is 42.8 Å². The van der Waals surface area contributed by atoms with Gasteiger partial charge in [-0.05, 0) is 42.5 Å². The van der Waals surface area contributed by atoms with Crippen LogP contribution in [0.4, 0.5) is 5.69 Å². The van der Waals surface area contributed by atoms with Gasteiger partial charge in [0.05, 0.1) is 32.8 Å². The number of nitrogens with zero attached hydrogens (tertiary/aromatic N) is 2. The Hall–Kier alpha value is -3.46. The minimum Gasteiger partial charge on any atom is -0.497 e. The van der Waals surface area contributed by atoms with Crippen LogP contribution in [0, 0.1) is 0 Å². The lowest BCUT2D eigenvalue weighted by atomic mass is 10.2. The third-order valence-corrected chi connectivity index (χ3v) is 5.03. The minimum atomic E-state index is -0.265. The van der Waals surface area contributed by atoms with Gasteiger partial charge in [-0.1, -0.05) is 11.8 Å². The molecule has 0 unspecified atom stereocenters. The zero-order valence-electron chi connectivity index (χ0n) is 16.7. The van der Waals surface area contributed by atoms with Crippen LogP contribution < -0.4 is 25.1 Å². The predicted molar refractivity (Wildman–Crippen MR) is 115 cm³/mol. The maximum absolute atomic E-state index is 12.3. The Balaban J connectivity index is 1.67. The van der Waals surface area contributed by atoms with Crippen molar-refractivity contribution in [2.24, 2.45) is 0 Å². The first-order valence-electron chi connectivity index (χ1n) is 8.93. The molecule has 0 aliphatic rings. The average molecular weight is 427 g/mol. The molecular weight excluding hydrogens is 406 g/mol. The molecule has 0 radical (unpaired) electrons. The molecular formula is C21H21N3O5S. The lowest BCUT2D eigenvalue weighted by Crippen LogP contribution is -2.20. The molecule has 0 saturated carbocycles. The smallest absolute Gasteiger partial charge is 0.271 e. The second kappa shape index (κ2) is 9.84. The molecule has 2 aromatic carbocycles. The summed E-state index contributed by atoms with van der Waals surface area (Å²) in [6.45, 7) is 0. The van der Waals surface area contributed by atoms with Crippen molar-refractivity contribution >= 4 is 23.4 Å². The van der Waals surface area contributed by atoms with Gasteiger partial charge in [-0.15, -0.1) is 0 Å². The highest BCUT2D eigenvalue weighted by Gasteiger charge is 2.10. The van der Waals surface area contributed by atoms with E-state index in [9.17, 15) is 9.59 Å². The van der Waals surface area contributed by atoms with Crippen LogP contribution in [0.25, 0.3) is 5.69 Å². The van der Waals surface area contributed by atoms with E-state index >= 15 is 0 Å². The fraction of sp³-hybridized carbons (Fsp3) is 0.190. The Labute approximate surface area is 177 Å². The Bertz CT molecular complexity index is 1080. The number of thioether (sulfide) groups is 1. The molecule has 1 heterocycles. The van der Waals surface area contributed by atoms with Crippen LogP contribution in [0.1, 0.15) is 0 Å². The molecule has 30 heavy (non-hydrogen) atoms. The number of rotatable bonds is 8. The molecule has 0 aliphatic carbocycles. The topological polar surface area (TPSA) is 91.7 Å². The van der Waals surface area contributed by atoms with Crippen LogP contribution >= 0.6 is 11.8 Å². The summed E-state index contributed by atoms with van der Waals surface area (Å²) >= 11 is 1.23. The molecule has 3 rings (SSSR count). The van der Waals surface area contributed by atoms with Crippen LogP contribution in [0.15, 0.2) is 64.4 Å². The van der Waals surface area contributed by atoms with Gasteiger partial charge in [0.25, 0.3) is 5.56 Å². The first-order valence-corrected chi connectivity index (χ1v) is 9.92. The van der Waals surface area contributed by atoms with Crippen molar-refractivity contribution in [2.75, 3.05) is 32.4 Å². The Morgan fingerprint density at radius 1 is 0.967 bits per heavy atom. The number of anilines is 1. The second-order valence-electron chi connectivity index (χ2n) is 6.03. The summed E-state index contributed by atoms with van der Waals surface area (Å²) in [4.78, 5) is 24.5. The van der Waals surface area contributed by atoms with E-state index in [-0.39, 0.29) is 17.2 Å². The first-order chi connectivity index (χ1) is 14.5. The lowest BCUT2D eigenvalue weighted by Gasteiger charge is -2.11. The molecule has 9 heteroatoms. The number of carbonyl (C=O) groups is 1. The minimum absolute atomic E-state index is 0.127. The van der Waals surface area contributed by atoms with E-state index in [1.54, 1.807) is 62.8 Å². The summed E-state index contributed by atoms with van der Waals surface area (Å²) in [6, 6.07) is 15.1. The molecule has 0 bridgehead atoms. The molecule has 1 N–H and O–H groups in total. The molecule has 0 spiro atoms. The molecule has 3 aromatic rings. The van der Waals surface area contributed by atoms with Crippen molar-refractivity contribution in [1.82, 2.24) is 9.78 Å². The van der Waals surface area contributed by atoms with E-state index in [1.165, 1.54) is 29.6 Å². The van der Waals surface area contributed by atoms with E-state index in [2.05, 4.69) is 10.4 Å². The largest absolute Gasteiger partial charge is 0.497 e. The van der Waals surface area contributed by atoms with Gasteiger partial charge >= 0.3 is 0 Å². The molecule has 1 aromatic heterocycles. The van der Waals surface area contributed by atoms with Crippen LogP contribution in [-0.2, 0) is 4.79 Å². The number of carbonyl (C=O) groups excluding carboxylic acids is 1. The van der Waals surface area contributed by atoms with Crippen LogP contribution in [0.3, 0.4) is 0 Å². The Morgan fingerprint density at radius 2 is 1.70 bits per heavy atom. The maximum Gasteiger partial charge on any atom is 0.271 e. The normalized spacial score (nSPS) is 10.4. The van der Waals surface area contributed by atoms with Crippen molar-refractivity contribution in [3.63, 3.8) is 0 Å². The summed E-state index contributed by atoms with van der Waals surface area (Å²) in [6.07, 6.45) is 0. The Kier molecular flexibility index (Phi) is 6.97. The third-order valence-electron chi connectivity index (χ3n) is 4.11. The van der Waals surface area contributed by atoms with E-state index in [0.717, 1.165) is 0 Å². The number of aromatic nitrogens is 2. The van der Waals surface area contributed by atoms with Crippen LogP contribution in [0.2, 0.25) is 0 Å². The SMILES string of the molecule is COc1ccc(-n2nc(SCC(=O)Nc3ccc(OC)c(OC)c3)ccc2=O)cc1. The van der Waals surface area contributed by atoms with E-state index in [1.807, 2.05) is 0 Å². The maximum atomic E-state index is 12.3. The third kappa shape index (κ3) is 5.12. The molecule has 0 fully saturated rings. The van der Waals surface area contributed by atoms with Gasteiger partial charge in [-0.3, -0.25) is 9.59 Å². The molecule has 1 amide bonds. The molecule has 156 valence electrons. The standard InChI is InChI=1S/C21H21N3O5S/c1-27-16-7-5-15(6-8-16)24-21(26)11-10-20(23-24)30-13-19(25)22-14-4-9-17(28-2)18(12-14)29-3/h4-12H,13H2,1-3H3,(H,22,25). The van der Waals surface area contributed by atoms with Crippen molar-refractivity contribution in [1.29, 1.82) is 0 Å². The zero-order valence-corrected chi connectivity index (χ0v) is 17.6. The molecule has 0 atom stereocenters. The predicted octanol–water partition coefficient (Wildman–Crippen LogP) is 2.99. The summed E-state index contributed by atoms with van der Waals surface area (Å²) in [7, 11) is 4.65. The monoisotopic (exact) mass is 427 g/mol. The van der Waals surface area contributed by atoms with Crippen molar-refractivity contribution in [3.05, 3.63) is 65.0 Å². The molecule has 0 aliphatic heterocycles.